The summed E-state index contributed by atoms with van der Waals surface area (Å²) in [6.45, 7) is 2.91. The number of carbonyl (C=O) groups is 1. The molecule has 2 aliphatic rings. The monoisotopic (exact) mass is 153 g/mol. The van der Waals surface area contributed by atoms with Crippen molar-refractivity contribution in [3.05, 3.63) is 0 Å². The molecule has 1 unspecified atom stereocenters. The summed E-state index contributed by atoms with van der Waals surface area (Å²) < 4.78 is 0. The van der Waals surface area contributed by atoms with Crippen molar-refractivity contribution in [1.82, 2.24) is 10.2 Å². The van der Waals surface area contributed by atoms with Gasteiger partial charge in [0.15, 0.2) is 0 Å². The van der Waals surface area contributed by atoms with Crippen LogP contribution in [0.1, 0.15) is 19.3 Å². The van der Waals surface area contributed by atoms with Crippen LogP contribution in [0, 0.1) is 0 Å². The molecular weight excluding hydrogens is 140 g/mol. The Balaban J connectivity index is 2.09. The van der Waals surface area contributed by atoms with E-state index in [0.29, 0.717) is 0 Å². The molecule has 0 aromatic rings. The third-order valence-electron chi connectivity index (χ3n) is 2.52. The summed E-state index contributed by atoms with van der Waals surface area (Å²) in [5.41, 5.74) is 0. The summed E-state index contributed by atoms with van der Waals surface area (Å²) in [6.07, 6.45) is 3.26. The highest BCUT2D eigenvalue weighted by molar-refractivity contribution is 5.81. The predicted molar refractivity (Wildman–Crippen MR) is 41.2 cm³/mol. The van der Waals surface area contributed by atoms with Crippen molar-refractivity contribution in [2.24, 2.45) is 0 Å². The van der Waals surface area contributed by atoms with Crippen LogP contribution in [0.2, 0.25) is 0 Å². The maximum atomic E-state index is 11.3. The van der Waals surface area contributed by atoms with E-state index >= 15 is 0 Å². The lowest BCUT2D eigenvalue weighted by Crippen LogP contribution is -2.37. The number of hydrogen-bond donors (Lipinski definition) is 0. The average molecular weight is 153 g/mol. The standard InChI is InChI=1S/C8H13N2O/c11-8-7-3-1-5-10(7)6-2-4-9-8/h7H,1-6H2. The zero-order valence-corrected chi connectivity index (χ0v) is 6.62. The second-order valence-electron chi connectivity index (χ2n) is 3.27. The molecule has 0 spiro atoms. The van der Waals surface area contributed by atoms with Crippen molar-refractivity contribution in [2.75, 3.05) is 19.6 Å². The fraction of sp³-hybridized carbons (Fsp3) is 0.875. The van der Waals surface area contributed by atoms with Gasteiger partial charge in [-0.25, -0.2) is 0 Å². The molecule has 3 nitrogen and oxygen atoms in total. The van der Waals surface area contributed by atoms with E-state index in [1.54, 1.807) is 0 Å². The van der Waals surface area contributed by atoms with Crippen LogP contribution in [0.15, 0.2) is 0 Å². The van der Waals surface area contributed by atoms with Crippen LogP contribution in [0.3, 0.4) is 0 Å². The molecule has 11 heavy (non-hydrogen) atoms. The van der Waals surface area contributed by atoms with Crippen LogP contribution in [-0.4, -0.2) is 36.5 Å². The van der Waals surface area contributed by atoms with Gasteiger partial charge in [-0.3, -0.25) is 15.0 Å². The highest BCUT2D eigenvalue weighted by Gasteiger charge is 2.32. The molecule has 1 radical (unpaired) electrons. The molecular formula is C8H13N2O. The van der Waals surface area contributed by atoms with E-state index in [-0.39, 0.29) is 11.9 Å². The number of hydrogen-bond acceptors (Lipinski definition) is 2. The van der Waals surface area contributed by atoms with E-state index in [2.05, 4.69) is 10.2 Å². The number of nitrogens with zero attached hydrogens (tertiary/aromatic N) is 2. The Kier molecular flexibility index (Phi) is 1.82. The second kappa shape index (κ2) is 2.81. The van der Waals surface area contributed by atoms with Crippen molar-refractivity contribution in [1.29, 1.82) is 0 Å². The van der Waals surface area contributed by atoms with Gasteiger partial charge in [-0.15, -0.1) is 0 Å². The molecule has 0 saturated carbocycles. The summed E-state index contributed by atoms with van der Waals surface area (Å²) in [5, 5.41) is 3.99. The minimum absolute atomic E-state index is 0.125. The van der Waals surface area contributed by atoms with Gasteiger partial charge in [0.2, 0.25) is 0 Å². The van der Waals surface area contributed by atoms with E-state index < -0.39 is 0 Å². The summed E-state index contributed by atoms with van der Waals surface area (Å²) in [6, 6.07) is 0.150. The first-order chi connectivity index (χ1) is 5.38. The molecule has 3 heteroatoms. The molecule has 2 rings (SSSR count). The van der Waals surface area contributed by atoms with Gasteiger partial charge in [-0.05, 0) is 25.8 Å². The van der Waals surface area contributed by atoms with E-state index in [0.717, 1.165) is 32.5 Å². The van der Waals surface area contributed by atoms with Crippen LogP contribution in [-0.2, 0) is 4.79 Å². The van der Waals surface area contributed by atoms with Gasteiger partial charge in [0.25, 0.3) is 5.91 Å². The Labute approximate surface area is 66.8 Å². The van der Waals surface area contributed by atoms with Gasteiger partial charge in [0.1, 0.15) is 0 Å². The quantitative estimate of drug-likeness (QED) is 0.490. The lowest BCUT2D eigenvalue weighted by molar-refractivity contribution is -0.124. The van der Waals surface area contributed by atoms with Crippen molar-refractivity contribution < 1.29 is 4.79 Å². The predicted octanol–water partition coefficient (Wildman–Crippen LogP) is -0.0145. The Bertz CT molecular complexity index is 169. The Morgan fingerprint density at radius 1 is 1.36 bits per heavy atom. The molecule has 2 saturated heterocycles. The molecule has 2 heterocycles. The maximum Gasteiger partial charge on any atom is 0.258 e. The molecule has 2 fully saturated rings. The Morgan fingerprint density at radius 3 is 3.09 bits per heavy atom. The van der Waals surface area contributed by atoms with Crippen molar-refractivity contribution >= 4 is 5.91 Å². The van der Waals surface area contributed by atoms with Gasteiger partial charge >= 0.3 is 0 Å². The highest BCUT2D eigenvalue weighted by Crippen LogP contribution is 2.19. The minimum atomic E-state index is 0.125. The normalized spacial score (nSPS) is 32.7. The topological polar surface area (TPSA) is 34.4 Å². The molecule has 0 N–H and O–H groups in total. The summed E-state index contributed by atoms with van der Waals surface area (Å²) in [7, 11) is 0. The maximum absolute atomic E-state index is 11.3. The van der Waals surface area contributed by atoms with E-state index in [4.69, 9.17) is 0 Å². The van der Waals surface area contributed by atoms with Gasteiger partial charge < -0.3 is 0 Å². The number of amides is 1. The number of carbonyl (C=O) groups excluding carboxylic acids is 1. The molecule has 2 aliphatic heterocycles. The van der Waals surface area contributed by atoms with Crippen LogP contribution < -0.4 is 5.32 Å². The molecule has 0 aromatic carbocycles. The van der Waals surface area contributed by atoms with E-state index in [9.17, 15) is 4.79 Å². The van der Waals surface area contributed by atoms with E-state index in [1.165, 1.54) is 6.42 Å². The summed E-state index contributed by atoms with van der Waals surface area (Å²) in [4.78, 5) is 13.6. The lowest BCUT2D eigenvalue weighted by atomic mass is 10.2. The fourth-order valence-electron chi connectivity index (χ4n) is 1.94. The van der Waals surface area contributed by atoms with Gasteiger partial charge in [-0.1, -0.05) is 0 Å². The third-order valence-corrected chi connectivity index (χ3v) is 2.52. The minimum Gasteiger partial charge on any atom is -0.292 e. The van der Waals surface area contributed by atoms with Crippen LogP contribution in [0.4, 0.5) is 0 Å². The third kappa shape index (κ3) is 1.25. The first-order valence-electron chi connectivity index (χ1n) is 4.33. The van der Waals surface area contributed by atoms with Crippen molar-refractivity contribution in [3.63, 3.8) is 0 Å². The van der Waals surface area contributed by atoms with Crippen LogP contribution >= 0.6 is 0 Å². The smallest absolute Gasteiger partial charge is 0.258 e. The fourth-order valence-corrected chi connectivity index (χ4v) is 1.94. The van der Waals surface area contributed by atoms with Gasteiger partial charge in [0.05, 0.1) is 6.04 Å². The zero-order valence-electron chi connectivity index (χ0n) is 6.62. The van der Waals surface area contributed by atoms with Crippen LogP contribution in [0.5, 0.6) is 0 Å². The largest absolute Gasteiger partial charge is 0.292 e. The molecule has 0 bridgehead atoms. The Hall–Kier alpha value is -0.570. The average Bonchev–Trinajstić information content (AvgIpc) is 2.40. The first-order valence-corrected chi connectivity index (χ1v) is 4.33. The Morgan fingerprint density at radius 2 is 2.18 bits per heavy atom. The van der Waals surface area contributed by atoms with Gasteiger partial charge in [0, 0.05) is 13.1 Å². The zero-order chi connectivity index (χ0) is 7.68. The lowest BCUT2D eigenvalue weighted by Gasteiger charge is -2.18. The highest BCUT2D eigenvalue weighted by atomic mass is 16.2. The summed E-state index contributed by atoms with van der Waals surface area (Å²) in [5.74, 6) is 0.125. The first kappa shape index (κ1) is 7.10. The van der Waals surface area contributed by atoms with Crippen molar-refractivity contribution in [2.45, 2.75) is 25.3 Å². The molecule has 1 atom stereocenters. The molecule has 0 aromatic heterocycles. The SMILES string of the molecule is O=C1[N]CCCN2CCCC12. The number of rotatable bonds is 0. The van der Waals surface area contributed by atoms with E-state index in [1.807, 2.05) is 0 Å². The molecule has 1 amide bonds. The second-order valence-corrected chi connectivity index (χ2v) is 3.27. The van der Waals surface area contributed by atoms with Crippen molar-refractivity contribution in [3.8, 4) is 0 Å². The molecule has 61 valence electrons. The van der Waals surface area contributed by atoms with Gasteiger partial charge in [-0.2, -0.15) is 0 Å². The summed E-state index contributed by atoms with van der Waals surface area (Å²) >= 11 is 0. The van der Waals surface area contributed by atoms with Crippen LogP contribution in [0.25, 0.3) is 0 Å². The molecule has 0 aliphatic carbocycles. The number of fused-ring (bicyclic) bond motifs is 1.